The Kier molecular flexibility index (Phi) is 8.13. The molecule has 0 amide bonds. The third kappa shape index (κ3) is 5.86. The molecule has 0 bridgehead atoms. The van der Waals surface area contributed by atoms with Crippen molar-refractivity contribution in [2.45, 2.75) is 32.1 Å². The van der Waals surface area contributed by atoms with Crippen molar-refractivity contribution in [3.63, 3.8) is 0 Å². The smallest absolute Gasteiger partial charge is 0.338 e. The van der Waals surface area contributed by atoms with Crippen LogP contribution in [-0.2, 0) is 16.0 Å². The van der Waals surface area contributed by atoms with Crippen LogP contribution >= 0.6 is 11.8 Å². The van der Waals surface area contributed by atoms with E-state index in [1.807, 2.05) is 36.6 Å². The lowest BCUT2D eigenvalue weighted by Gasteiger charge is -2.14. The summed E-state index contributed by atoms with van der Waals surface area (Å²) in [5.74, 6) is 0.157. The summed E-state index contributed by atoms with van der Waals surface area (Å²) in [7, 11) is 0. The molecular weight excluding hydrogens is 444 g/mol. The number of ether oxygens (including phenoxy) is 2. The van der Waals surface area contributed by atoms with Crippen molar-refractivity contribution in [2.75, 3.05) is 6.26 Å². The van der Waals surface area contributed by atoms with E-state index in [9.17, 15) is 9.59 Å². The summed E-state index contributed by atoms with van der Waals surface area (Å²) in [6.45, 7) is 12.6. The lowest BCUT2D eigenvalue weighted by molar-refractivity contribution is -0.131. The molecule has 0 aliphatic carbocycles. The van der Waals surface area contributed by atoms with Crippen LogP contribution in [-0.4, -0.2) is 18.2 Å². The lowest BCUT2D eigenvalue weighted by Crippen LogP contribution is -2.08. The first kappa shape index (κ1) is 25.1. The zero-order valence-corrected chi connectivity index (χ0v) is 20.8. The molecule has 0 unspecified atom stereocenters. The monoisotopic (exact) mass is 472 g/mol. The summed E-state index contributed by atoms with van der Waals surface area (Å²) in [6, 6.07) is 19.7. The number of hydrogen-bond acceptors (Lipinski definition) is 5. The number of aryl methyl sites for hydroxylation is 1. The van der Waals surface area contributed by atoms with Gasteiger partial charge in [0.25, 0.3) is 0 Å². The van der Waals surface area contributed by atoms with E-state index in [1.165, 1.54) is 17.3 Å². The van der Waals surface area contributed by atoms with Crippen molar-refractivity contribution < 1.29 is 19.1 Å². The lowest BCUT2D eigenvalue weighted by atomic mass is 9.93. The van der Waals surface area contributed by atoms with E-state index in [1.54, 1.807) is 26.0 Å². The van der Waals surface area contributed by atoms with E-state index in [4.69, 9.17) is 9.47 Å². The van der Waals surface area contributed by atoms with Crippen molar-refractivity contribution in [3.05, 3.63) is 90.5 Å². The summed E-state index contributed by atoms with van der Waals surface area (Å²) in [4.78, 5) is 24.6. The first-order valence-corrected chi connectivity index (χ1v) is 12.1. The zero-order valence-electron chi connectivity index (χ0n) is 19.9. The largest absolute Gasteiger partial charge is 0.423 e. The predicted octanol–water partition coefficient (Wildman–Crippen LogP) is 7.27. The number of carbonyl (C=O) groups excluding carboxylic acids is 2. The van der Waals surface area contributed by atoms with Crippen LogP contribution in [0.3, 0.4) is 0 Å². The molecule has 174 valence electrons. The minimum Gasteiger partial charge on any atom is -0.423 e. The number of rotatable bonds is 8. The SMILES string of the molecule is C=C(C)C(=O)Oc1ccc(-c2ccc(-c3ccc(OC(=O)C(=C)C)c(SC)c3)cc2CC)cc1. The maximum absolute atomic E-state index is 11.9. The van der Waals surface area contributed by atoms with Crippen LogP contribution in [0.2, 0.25) is 0 Å². The maximum atomic E-state index is 11.9. The highest BCUT2D eigenvalue weighted by Gasteiger charge is 2.13. The molecule has 34 heavy (non-hydrogen) atoms. The Morgan fingerprint density at radius 2 is 1.35 bits per heavy atom. The second-order valence-electron chi connectivity index (χ2n) is 7.96. The Labute approximate surface area is 205 Å². The van der Waals surface area contributed by atoms with Gasteiger partial charge >= 0.3 is 11.9 Å². The Balaban J connectivity index is 1.89. The molecule has 0 aliphatic rings. The second kappa shape index (κ2) is 11.0. The third-order valence-electron chi connectivity index (χ3n) is 5.26. The summed E-state index contributed by atoms with van der Waals surface area (Å²) in [5.41, 5.74) is 6.23. The van der Waals surface area contributed by atoms with Crippen molar-refractivity contribution >= 4 is 23.7 Å². The molecule has 3 aromatic carbocycles. The summed E-state index contributed by atoms with van der Waals surface area (Å²) < 4.78 is 10.8. The predicted molar refractivity (Wildman–Crippen MR) is 139 cm³/mol. The highest BCUT2D eigenvalue weighted by atomic mass is 32.2. The number of hydrogen-bond donors (Lipinski definition) is 0. The average molecular weight is 473 g/mol. The Morgan fingerprint density at radius 3 is 1.94 bits per heavy atom. The number of esters is 2. The highest BCUT2D eigenvalue weighted by molar-refractivity contribution is 7.98. The van der Waals surface area contributed by atoms with Gasteiger partial charge in [-0.2, -0.15) is 0 Å². The van der Waals surface area contributed by atoms with E-state index < -0.39 is 11.9 Å². The van der Waals surface area contributed by atoms with Crippen molar-refractivity contribution in [2.24, 2.45) is 0 Å². The average Bonchev–Trinajstić information content (AvgIpc) is 2.84. The first-order valence-electron chi connectivity index (χ1n) is 10.9. The van der Waals surface area contributed by atoms with Crippen LogP contribution in [0.25, 0.3) is 22.3 Å². The van der Waals surface area contributed by atoms with Gasteiger partial charge in [0.15, 0.2) is 0 Å². The Bertz CT molecular complexity index is 1260. The van der Waals surface area contributed by atoms with Gasteiger partial charge in [0.2, 0.25) is 0 Å². The van der Waals surface area contributed by atoms with Gasteiger partial charge < -0.3 is 9.47 Å². The summed E-state index contributed by atoms with van der Waals surface area (Å²) in [6.07, 6.45) is 2.81. The molecule has 0 fully saturated rings. The van der Waals surface area contributed by atoms with Crippen LogP contribution in [0.5, 0.6) is 11.5 Å². The van der Waals surface area contributed by atoms with E-state index >= 15 is 0 Å². The molecule has 3 rings (SSSR count). The third-order valence-corrected chi connectivity index (χ3v) is 6.02. The minimum absolute atomic E-state index is 0.361. The summed E-state index contributed by atoms with van der Waals surface area (Å²) in [5, 5.41) is 0. The van der Waals surface area contributed by atoms with Gasteiger partial charge in [-0.1, -0.05) is 56.5 Å². The Hall–Kier alpha value is -3.57. The van der Waals surface area contributed by atoms with Gasteiger partial charge in [-0.3, -0.25) is 0 Å². The van der Waals surface area contributed by atoms with Crippen LogP contribution in [0.4, 0.5) is 0 Å². The number of thioether (sulfide) groups is 1. The van der Waals surface area contributed by atoms with E-state index in [0.717, 1.165) is 33.6 Å². The quantitative estimate of drug-likeness (QED) is 0.149. The van der Waals surface area contributed by atoms with Crippen LogP contribution in [0.15, 0.2) is 89.9 Å². The van der Waals surface area contributed by atoms with Gasteiger partial charge in [-0.05, 0) is 78.6 Å². The minimum atomic E-state index is -0.434. The molecule has 3 aromatic rings. The van der Waals surface area contributed by atoms with Gasteiger partial charge in [0.05, 0.1) is 4.90 Å². The van der Waals surface area contributed by atoms with Gasteiger partial charge in [0.1, 0.15) is 11.5 Å². The van der Waals surface area contributed by atoms with Crippen LogP contribution < -0.4 is 9.47 Å². The number of benzene rings is 3. The summed E-state index contributed by atoms with van der Waals surface area (Å²) >= 11 is 1.53. The normalized spacial score (nSPS) is 10.5. The maximum Gasteiger partial charge on any atom is 0.338 e. The topological polar surface area (TPSA) is 52.6 Å². The fourth-order valence-electron chi connectivity index (χ4n) is 3.36. The molecule has 0 spiro atoms. The molecule has 0 atom stereocenters. The molecule has 5 heteroatoms. The second-order valence-corrected chi connectivity index (χ2v) is 8.80. The van der Waals surface area contributed by atoms with Gasteiger partial charge in [0, 0.05) is 11.1 Å². The molecule has 4 nitrogen and oxygen atoms in total. The number of carbonyl (C=O) groups is 2. The van der Waals surface area contributed by atoms with Crippen LogP contribution in [0.1, 0.15) is 26.3 Å². The van der Waals surface area contributed by atoms with Crippen molar-refractivity contribution in [3.8, 4) is 33.8 Å². The molecule has 0 aliphatic heterocycles. The fraction of sp³-hybridized carbons (Fsp3) is 0.172. The van der Waals surface area contributed by atoms with Gasteiger partial charge in [-0.15, -0.1) is 11.8 Å². The fourth-order valence-corrected chi connectivity index (χ4v) is 3.92. The molecule has 0 saturated carbocycles. The van der Waals surface area contributed by atoms with Crippen molar-refractivity contribution in [1.29, 1.82) is 0 Å². The molecular formula is C29H28O4S. The molecule has 0 radical (unpaired) electrons. The van der Waals surface area contributed by atoms with Crippen LogP contribution in [0, 0.1) is 0 Å². The molecule has 0 N–H and O–H groups in total. The van der Waals surface area contributed by atoms with Gasteiger partial charge in [-0.25, -0.2) is 9.59 Å². The standard InChI is InChI=1S/C29H28O4S/c1-7-20-16-22(23-11-15-26(27(17-23)34-6)33-29(31)19(4)5)10-14-25(20)21-8-12-24(13-9-21)32-28(30)18(2)3/h8-17H,2,4,7H2,1,3,5-6H3. The molecule has 0 saturated heterocycles. The zero-order chi connectivity index (χ0) is 24.8. The molecule has 0 aromatic heterocycles. The van der Waals surface area contributed by atoms with E-state index in [-0.39, 0.29) is 0 Å². The van der Waals surface area contributed by atoms with E-state index in [0.29, 0.717) is 22.6 Å². The molecule has 0 heterocycles. The highest BCUT2D eigenvalue weighted by Crippen LogP contribution is 2.35. The van der Waals surface area contributed by atoms with E-state index in [2.05, 4.69) is 38.3 Å². The Morgan fingerprint density at radius 1 is 0.794 bits per heavy atom. The van der Waals surface area contributed by atoms with Crippen molar-refractivity contribution in [1.82, 2.24) is 0 Å². The first-order chi connectivity index (χ1) is 16.2.